The molecule has 2 nitrogen and oxygen atoms in total. The average Bonchev–Trinajstić information content (AvgIpc) is 2.61. The van der Waals surface area contributed by atoms with Gasteiger partial charge < -0.3 is 0 Å². The molecule has 23 heavy (non-hydrogen) atoms. The van der Waals surface area contributed by atoms with Crippen molar-refractivity contribution < 1.29 is 4.79 Å². The third-order valence-corrected chi connectivity index (χ3v) is 4.17. The van der Waals surface area contributed by atoms with Gasteiger partial charge in [-0.2, -0.15) is 0 Å². The van der Waals surface area contributed by atoms with Crippen molar-refractivity contribution in [2.45, 2.75) is 6.92 Å². The maximum Gasteiger partial charge on any atom is 0.159 e. The van der Waals surface area contributed by atoms with E-state index in [1.54, 1.807) is 6.92 Å². The van der Waals surface area contributed by atoms with Gasteiger partial charge >= 0.3 is 0 Å². The molecule has 0 unspecified atom stereocenters. The quantitative estimate of drug-likeness (QED) is 0.373. The number of aromatic nitrogens is 1. The van der Waals surface area contributed by atoms with Gasteiger partial charge in [0, 0.05) is 21.9 Å². The lowest BCUT2D eigenvalue weighted by Crippen LogP contribution is -1.93. The topological polar surface area (TPSA) is 30.0 Å². The molecule has 4 aromatic rings. The Morgan fingerprint density at radius 2 is 1.35 bits per heavy atom. The van der Waals surface area contributed by atoms with Gasteiger partial charge in [0.25, 0.3) is 0 Å². The van der Waals surface area contributed by atoms with Crippen molar-refractivity contribution in [1.29, 1.82) is 0 Å². The first kappa shape index (κ1) is 13.6. The number of rotatable bonds is 2. The molecule has 0 saturated heterocycles. The second-order valence-corrected chi connectivity index (χ2v) is 5.66. The van der Waals surface area contributed by atoms with Crippen molar-refractivity contribution >= 4 is 27.5 Å². The van der Waals surface area contributed by atoms with Gasteiger partial charge in [-0.25, -0.2) is 4.98 Å². The summed E-state index contributed by atoms with van der Waals surface area (Å²) in [5.74, 6) is 0.0767. The van der Waals surface area contributed by atoms with Gasteiger partial charge in [0.2, 0.25) is 0 Å². The Hall–Kier alpha value is -3.00. The van der Waals surface area contributed by atoms with E-state index >= 15 is 0 Å². The molecule has 110 valence electrons. The van der Waals surface area contributed by atoms with Crippen LogP contribution in [0.25, 0.3) is 32.9 Å². The van der Waals surface area contributed by atoms with E-state index in [-0.39, 0.29) is 5.78 Å². The molecule has 0 atom stereocenters. The van der Waals surface area contributed by atoms with Crippen LogP contribution in [-0.2, 0) is 0 Å². The van der Waals surface area contributed by atoms with Crippen LogP contribution in [0, 0.1) is 0 Å². The second-order valence-electron chi connectivity index (χ2n) is 5.66. The number of nitrogens with zero attached hydrogens (tertiary/aromatic N) is 1. The van der Waals surface area contributed by atoms with E-state index in [9.17, 15) is 4.79 Å². The number of hydrogen-bond donors (Lipinski definition) is 0. The first-order valence-corrected chi connectivity index (χ1v) is 7.63. The summed E-state index contributed by atoms with van der Waals surface area (Å²) in [5, 5.41) is 3.48. The van der Waals surface area contributed by atoms with Crippen molar-refractivity contribution in [3.8, 4) is 11.3 Å². The fourth-order valence-corrected chi connectivity index (χ4v) is 2.99. The number of carbonyl (C=O) groups excluding carboxylic acids is 1. The smallest absolute Gasteiger partial charge is 0.159 e. The van der Waals surface area contributed by atoms with Crippen molar-refractivity contribution in [3.05, 3.63) is 78.4 Å². The van der Waals surface area contributed by atoms with E-state index in [2.05, 4.69) is 24.3 Å². The average molecular weight is 297 g/mol. The van der Waals surface area contributed by atoms with Crippen molar-refractivity contribution in [3.63, 3.8) is 0 Å². The zero-order valence-corrected chi connectivity index (χ0v) is 12.8. The monoisotopic (exact) mass is 297 g/mol. The fourth-order valence-electron chi connectivity index (χ4n) is 2.99. The summed E-state index contributed by atoms with van der Waals surface area (Å²) in [6, 6.07) is 24.2. The Labute approximate surface area is 134 Å². The number of Topliss-reactive ketones (excluding diaryl/α,β-unsaturated/α-hetero) is 1. The Kier molecular flexibility index (Phi) is 3.16. The highest BCUT2D eigenvalue weighted by Crippen LogP contribution is 2.32. The Morgan fingerprint density at radius 1 is 0.739 bits per heavy atom. The van der Waals surface area contributed by atoms with Crippen LogP contribution < -0.4 is 0 Å². The standard InChI is InChI=1S/C21H15NO/c1-14(23)15-10-12-16(13-11-15)21-19-8-3-2-6-17(19)18-7-4-5-9-20(18)22-21/h2-13H,1H3. The first-order valence-electron chi connectivity index (χ1n) is 7.63. The predicted molar refractivity (Wildman–Crippen MR) is 94.7 cm³/mol. The number of carbonyl (C=O) groups is 1. The number of benzene rings is 3. The summed E-state index contributed by atoms with van der Waals surface area (Å²) in [7, 11) is 0. The molecule has 1 heterocycles. The van der Waals surface area contributed by atoms with Crippen molar-refractivity contribution in [1.82, 2.24) is 4.98 Å². The van der Waals surface area contributed by atoms with E-state index < -0.39 is 0 Å². The molecule has 2 heteroatoms. The highest BCUT2D eigenvalue weighted by molar-refractivity contribution is 6.10. The van der Waals surface area contributed by atoms with Gasteiger partial charge in [-0.15, -0.1) is 0 Å². The van der Waals surface area contributed by atoms with E-state index in [0.29, 0.717) is 0 Å². The molecule has 0 spiro atoms. The number of ketones is 1. The van der Waals surface area contributed by atoms with Gasteiger partial charge in [0.15, 0.2) is 5.78 Å². The lowest BCUT2D eigenvalue weighted by molar-refractivity contribution is 0.101. The molecule has 0 bridgehead atoms. The molecule has 0 aliphatic rings. The summed E-state index contributed by atoms with van der Waals surface area (Å²) in [6.45, 7) is 1.58. The molecule has 0 fully saturated rings. The molecule has 4 rings (SSSR count). The minimum Gasteiger partial charge on any atom is -0.295 e. The molecule has 0 radical (unpaired) electrons. The Balaban J connectivity index is 2.03. The SMILES string of the molecule is CC(=O)c1ccc(-c2nc3ccccc3c3ccccc23)cc1. The highest BCUT2D eigenvalue weighted by atomic mass is 16.1. The number of hydrogen-bond acceptors (Lipinski definition) is 2. The van der Waals surface area contributed by atoms with E-state index in [0.717, 1.165) is 33.1 Å². The second kappa shape index (κ2) is 5.33. The third kappa shape index (κ3) is 2.29. The molecule has 0 aliphatic carbocycles. The van der Waals surface area contributed by atoms with E-state index in [4.69, 9.17) is 4.98 Å². The van der Waals surface area contributed by atoms with Gasteiger partial charge in [-0.05, 0) is 18.4 Å². The maximum atomic E-state index is 11.5. The first-order chi connectivity index (χ1) is 11.2. The largest absolute Gasteiger partial charge is 0.295 e. The Morgan fingerprint density at radius 3 is 2.04 bits per heavy atom. The zero-order valence-electron chi connectivity index (χ0n) is 12.8. The van der Waals surface area contributed by atoms with Crippen LogP contribution in [-0.4, -0.2) is 10.8 Å². The maximum absolute atomic E-state index is 11.5. The molecule has 0 saturated carbocycles. The number of para-hydroxylation sites is 1. The normalized spacial score (nSPS) is 11.0. The van der Waals surface area contributed by atoms with Crippen LogP contribution in [0.15, 0.2) is 72.8 Å². The van der Waals surface area contributed by atoms with Gasteiger partial charge in [0.05, 0.1) is 11.2 Å². The lowest BCUT2D eigenvalue weighted by atomic mass is 9.99. The van der Waals surface area contributed by atoms with Gasteiger partial charge in [-0.1, -0.05) is 66.7 Å². The van der Waals surface area contributed by atoms with Gasteiger partial charge in [0.1, 0.15) is 0 Å². The van der Waals surface area contributed by atoms with E-state index in [1.165, 1.54) is 5.39 Å². The molecule has 1 aromatic heterocycles. The Bertz CT molecular complexity index is 1030. The van der Waals surface area contributed by atoms with Crippen molar-refractivity contribution in [2.24, 2.45) is 0 Å². The fraction of sp³-hybridized carbons (Fsp3) is 0.0476. The summed E-state index contributed by atoms with van der Waals surface area (Å²) in [4.78, 5) is 16.3. The molecular weight excluding hydrogens is 282 g/mol. The van der Waals surface area contributed by atoms with Crippen LogP contribution in [0.5, 0.6) is 0 Å². The minimum atomic E-state index is 0.0767. The summed E-state index contributed by atoms with van der Waals surface area (Å²) < 4.78 is 0. The molecule has 0 N–H and O–H groups in total. The third-order valence-electron chi connectivity index (χ3n) is 4.17. The van der Waals surface area contributed by atoms with Crippen LogP contribution in [0.2, 0.25) is 0 Å². The van der Waals surface area contributed by atoms with Crippen LogP contribution in [0.3, 0.4) is 0 Å². The molecule has 3 aromatic carbocycles. The van der Waals surface area contributed by atoms with Gasteiger partial charge in [-0.3, -0.25) is 4.79 Å². The number of fused-ring (bicyclic) bond motifs is 3. The zero-order chi connectivity index (χ0) is 15.8. The molecule has 0 aliphatic heterocycles. The molecule has 0 amide bonds. The van der Waals surface area contributed by atoms with Crippen LogP contribution in [0.4, 0.5) is 0 Å². The predicted octanol–water partition coefficient (Wildman–Crippen LogP) is 5.26. The molecular formula is C21H15NO. The summed E-state index contributed by atoms with van der Waals surface area (Å²) in [6.07, 6.45) is 0. The highest BCUT2D eigenvalue weighted by Gasteiger charge is 2.10. The number of pyridine rings is 1. The summed E-state index contributed by atoms with van der Waals surface area (Å²) >= 11 is 0. The van der Waals surface area contributed by atoms with Crippen LogP contribution >= 0.6 is 0 Å². The minimum absolute atomic E-state index is 0.0767. The van der Waals surface area contributed by atoms with E-state index in [1.807, 2.05) is 48.5 Å². The summed E-state index contributed by atoms with van der Waals surface area (Å²) in [5.41, 5.74) is 3.68. The van der Waals surface area contributed by atoms with Crippen molar-refractivity contribution in [2.75, 3.05) is 0 Å². The van der Waals surface area contributed by atoms with Crippen LogP contribution in [0.1, 0.15) is 17.3 Å². The lowest BCUT2D eigenvalue weighted by Gasteiger charge is -2.10.